The molecule has 9 heteroatoms. The maximum atomic E-state index is 13.1. The summed E-state index contributed by atoms with van der Waals surface area (Å²) < 4.78 is 65.8. The predicted molar refractivity (Wildman–Crippen MR) is 97.7 cm³/mol. The number of aromatic nitrogens is 1. The van der Waals surface area contributed by atoms with Gasteiger partial charge in [-0.05, 0) is 54.4 Å². The number of fused-ring (bicyclic) bond motifs is 2. The van der Waals surface area contributed by atoms with Gasteiger partial charge in [0.2, 0.25) is 5.91 Å². The van der Waals surface area contributed by atoms with Crippen LogP contribution in [0.3, 0.4) is 0 Å². The fraction of sp³-hybridized carbons (Fsp3) is 0.211. The van der Waals surface area contributed by atoms with Crippen molar-refractivity contribution in [3.05, 3.63) is 59.8 Å². The SMILES string of the molecule is CC(=O)N1CCc2cc(S(=O)(=O)n3ccc4cc(C(F)(F)F)ccc43)ccc21. The third-order valence-electron chi connectivity index (χ3n) is 4.87. The van der Waals surface area contributed by atoms with Crippen LogP contribution in [0.1, 0.15) is 18.1 Å². The van der Waals surface area contributed by atoms with Crippen molar-refractivity contribution in [1.82, 2.24) is 3.97 Å². The number of anilines is 1. The molecule has 0 unspecified atom stereocenters. The summed E-state index contributed by atoms with van der Waals surface area (Å²) >= 11 is 0. The molecule has 146 valence electrons. The zero-order valence-electron chi connectivity index (χ0n) is 14.7. The van der Waals surface area contributed by atoms with Crippen LogP contribution in [0.5, 0.6) is 0 Å². The quantitative estimate of drug-likeness (QED) is 0.648. The van der Waals surface area contributed by atoms with Crippen LogP contribution in [0.25, 0.3) is 10.9 Å². The first-order valence-electron chi connectivity index (χ1n) is 8.44. The highest BCUT2D eigenvalue weighted by atomic mass is 32.2. The van der Waals surface area contributed by atoms with Gasteiger partial charge in [0.05, 0.1) is 16.0 Å². The first-order valence-corrected chi connectivity index (χ1v) is 9.88. The van der Waals surface area contributed by atoms with E-state index in [-0.39, 0.29) is 21.7 Å². The van der Waals surface area contributed by atoms with E-state index in [4.69, 9.17) is 0 Å². The van der Waals surface area contributed by atoms with E-state index in [1.807, 2.05) is 0 Å². The molecule has 0 radical (unpaired) electrons. The lowest BCUT2D eigenvalue weighted by Gasteiger charge is -2.15. The van der Waals surface area contributed by atoms with Gasteiger partial charge in [0.25, 0.3) is 10.0 Å². The van der Waals surface area contributed by atoms with Crippen molar-refractivity contribution in [2.75, 3.05) is 11.4 Å². The summed E-state index contributed by atoms with van der Waals surface area (Å²) in [4.78, 5) is 13.2. The highest BCUT2D eigenvalue weighted by molar-refractivity contribution is 7.90. The van der Waals surface area contributed by atoms with Crippen LogP contribution in [0.15, 0.2) is 53.6 Å². The van der Waals surface area contributed by atoms with Crippen molar-refractivity contribution < 1.29 is 26.4 Å². The standard InChI is InChI=1S/C19H15F3N2O3S/c1-12(25)23-8-6-14-11-16(3-5-17(14)23)28(26,27)24-9-7-13-10-15(19(20,21)22)2-4-18(13)24/h2-5,7,9-11H,6,8H2,1H3. The molecule has 1 aliphatic rings. The Morgan fingerprint density at radius 1 is 1.07 bits per heavy atom. The van der Waals surface area contributed by atoms with Gasteiger partial charge in [-0.1, -0.05) is 0 Å². The van der Waals surface area contributed by atoms with Gasteiger partial charge in [0, 0.05) is 30.7 Å². The fourth-order valence-electron chi connectivity index (χ4n) is 3.48. The lowest BCUT2D eigenvalue weighted by molar-refractivity contribution is -0.137. The third-order valence-corrected chi connectivity index (χ3v) is 6.55. The smallest absolute Gasteiger partial charge is 0.312 e. The molecule has 3 aromatic rings. The van der Waals surface area contributed by atoms with E-state index < -0.39 is 21.8 Å². The maximum absolute atomic E-state index is 13.1. The van der Waals surface area contributed by atoms with Crippen LogP contribution in [0.2, 0.25) is 0 Å². The van der Waals surface area contributed by atoms with E-state index >= 15 is 0 Å². The average Bonchev–Trinajstić information content (AvgIpc) is 3.24. The molecule has 0 bridgehead atoms. The number of halogens is 3. The minimum atomic E-state index is -4.50. The maximum Gasteiger partial charge on any atom is 0.416 e. The highest BCUT2D eigenvalue weighted by Gasteiger charge is 2.31. The molecule has 1 amide bonds. The Morgan fingerprint density at radius 3 is 2.50 bits per heavy atom. The number of amides is 1. The summed E-state index contributed by atoms with van der Waals surface area (Å²) in [7, 11) is -4.00. The fourth-order valence-corrected chi connectivity index (χ4v) is 4.89. The number of nitrogens with zero attached hydrogens (tertiary/aromatic N) is 2. The minimum Gasteiger partial charge on any atom is -0.312 e. The Kier molecular flexibility index (Phi) is 4.04. The topological polar surface area (TPSA) is 59.4 Å². The summed E-state index contributed by atoms with van der Waals surface area (Å²) in [5.41, 5.74) is 0.751. The Labute approximate surface area is 159 Å². The lowest BCUT2D eigenvalue weighted by atomic mass is 10.1. The molecule has 28 heavy (non-hydrogen) atoms. The van der Waals surface area contributed by atoms with E-state index in [0.29, 0.717) is 18.7 Å². The Bertz CT molecular complexity index is 1210. The first-order chi connectivity index (χ1) is 13.1. The van der Waals surface area contributed by atoms with E-state index in [9.17, 15) is 26.4 Å². The van der Waals surface area contributed by atoms with E-state index in [0.717, 1.165) is 27.7 Å². The zero-order chi connectivity index (χ0) is 20.3. The number of benzene rings is 2. The van der Waals surface area contributed by atoms with Gasteiger partial charge in [0.15, 0.2) is 0 Å². The molecule has 2 heterocycles. The molecule has 0 spiro atoms. The molecule has 0 atom stereocenters. The van der Waals surface area contributed by atoms with E-state index in [2.05, 4.69) is 0 Å². The second-order valence-electron chi connectivity index (χ2n) is 6.60. The lowest BCUT2D eigenvalue weighted by Crippen LogP contribution is -2.25. The van der Waals surface area contributed by atoms with Gasteiger partial charge in [-0.2, -0.15) is 13.2 Å². The zero-order valence-corrected chi connectivity index (χ0v) is 15.5. The van der Waals surface area contributed by atoms with Crippen molar-refractivity contribution in [2.24, 2.45) is 0 Å². The van der Waals surface area contributed by atoms with Crippen LogP contribution >= 0.6 is 0 Å². The molecular formula is C19H15F3N2O3S. The molecule has 1 aromatic heterocycles. The normalized spacial score (nSPS) is 14.5. The summed E-state index contributed by atoms with van der Waals surface area (Å²) in [6.07, 6.45) is -2.72. The number of alkyl halides is 3. The molecule has 2 aromatic carbocycles. The predicted octanol–water partition coefficient (Wildman–Crippen LogP) is 3.81. The second kappa shape index (κ2) is 6.10. The van der Waals surface area contributed by atoms with Gasteiger partial charge < -0.3 is 4.90 Å². The Morgan fingerprint density at radius 2 is 1.82 bits per heavy atom. The molecule has 5 nitrogen and oxygen atoms in total. The number of rotatable bonds is 2. The second-order valence-corrected chi connectivity index (χ2v) is 8.41. The van der Waals surface area contributed by atoms with Gasteiger partial charge in [-0.15, -0.1) is 0 Å². The summed E-state index contributed by atoms with van der Waals surface area (Å²) in [5, 5.41) is 0.183. The Hall–Kier alpha value is -2.81. The third kappa shape index (κ3) is 2.86. The number of hydrogen-bond donors (Lipinski definition) is 0. The van der Waals surface area contributed by atoms with Crippen molar-refractivity contribution in [2.45, 2.75) is 24.4 Å². The number of carbonyl (C=O) groups is 1. The molecular weight excluding hydrogens is 393 g/mol. The van der Waals surface area contributed by atoms with Gasteiger partial charge in [-0.25, -0.2) is 12.4 Å². The van der Waals surface area contributed by atoms with Crippen LogP contribution < -0.4 is 4.90 Å². The number of carbonyl (C=O) groups excluding carboxylic acids is 1. The Balaban J connectivity index is 1.78. The number of hydrogen-bond acceptors (Lipinski definition) is 3. The van der Waals surface area contributed by atoms with Gasteiger partial charge in [-0.3, -0.25) is 4.79 Å². The first kappa shape index (κ1) is 18.5. The summed E-state index contributed by atoms with van der Waals surface area (Å²) in [5.74, 6) is -0.119. The molecule has 0 saturated carbocycles. The molecule has 1 aliphatic heterocycles. The molecule has 4 rings (SSSR count). The molecule has 0 aliphatic carbocycles. The van der Waals surface area contributed by atoms with Crippen LogP contribution in [-0.2, 0) is 27.4 Å². The van der Waals surface area contributed by atoms with Crippen LogP contribution in [0, 0.1) is 0 Å². The van der Waals surface area contributed by atoms with E-state index in [1.54, 1.807) is 11.0 Å². The molecule has 0 saturated heterocycles. The van der Waals surface area contributed by atoms with Crippen molar-refractivity contribution in [1.29, 1.82) is 0 Å². The van der Waals surface area contributed by atoms with Crippen molar-refractivity contribution >= 4 is 32.5 Å². The van der Waals surface area contributed by atoms with Crippen LogP contribution in [-0.4, -0.2) is 24.8 Å². The van der Waals surface area contributed by atoms with Gasteiger partial charge >= 0.3 is 6.18 Å². The average molecular weight is 408 g/mol. The molecule has 0 fully saturated rings. The summed E-state index contributed by atoms with van der Waals surface area (Å²) in [6.45, 7) is 1.93. The highest BCUT2D eigenvalue weighted by Crippen LogP contribution is 2.34. The van der Waals surface area contributed by atoms with Crippen LogP contribution in [0.4, 0.5) is 18.9 Å². The largest absolute Gasteiger partial charge is 0.416 e. The van der Waals surface area contributed by atoms with Crippen molar-refractivity contribution in [3.8, 4) is 0 Å². The monoisotopic (exact) mass is 408 g/mol. The summed E-state index contributed by atoms with van der Waals surface area (Å²) in [6, 6.07) is 8.79. The molecule has 0 N–H and O–H groups in total. The minimum absolute atomic E-state index is 0.0223. The van der Waals surface area contributed by atoms with Crippen molar-refractivity contribution in [3.63, 3.8) is 0 Å². The van der Waals surface area contributed by atoms with Gasteiger partial charge in [0.1, 0.15) is 0 Å². The van der Waals surface area contributed by atoms with E-state index in [1.165, 1.54) is 31.3 Å².